The van der Waals surface area contributed by atoms with E-state index in [2.05, 4.69) is 33.1 Å². The quantitative estimate of drug-likeness (QED) is 0.773. The molecule has 0 atom stereocenters. The maximum absolute atomic E-state index is 12.4. The summed E-state index contributed by atoms with van der Waals surface area (Å²) in [5.74, 6) is -0.592. The van der Waals surface area contributed by atoms with Crippen molar-refractivity contribution in [3.8, 4) is 0 Å². The van der Waals surface area contributed by atoms with Gasteiger partial charge in [0.05, 0.1) is 24.5 Å². The van der Waals surface area contributed by atoms with Gasteiger partial charge < -0.3 is 15.4 Å². The first-order valence-electron chi connectivity index (χ1n) is 7.36. The number of halogens is 1. The van der Waals surface area contributed by atoms with Gasteiger partial charge in [-0.05, 0) is 31.1 Å². The van der Waals surface area contributed by atoms with Gasteiger partial charge in [0.1, 0.15) is 0 Å². The third-order valence-electron chi connectivity index (χ3n) is 3.50. The molecule has 0 unspecified atom stereocenters. The molecule has 0 bridgehead atoms. The van der Waals surface area contributed by atoms with Crippen molar-refractivity contribution in [3.05, 3.63) is 52.5 Å². The normalized spacial score (nSPS) is 14.0. The summed E-state index contributed by atoms with van der Waals surface area (Å²) in [4.78, 5) is 23.8. The predicted molar refractivity (Wildman–Crippen MR) is 93.6 cm³/mol. The van der Waals surface area contributed by atoms with Crippen LogP contribution >= 0.6 is 15.9 Å². The van der Waals surface area contributed by atoms with Crippen LogP contribution in [0.1, 0.15) is 23.2 Å². The molecule has 2 rings (SSSR count). The van der Waals surface area contributed by atoms with Gasteiger partial charge in [-0.1, -0.05) is 40.2 Å². The Hall–Kier alpha value is -1.92. The molecule has 0 aromatic heterocycles. The molecule has 0 radical (unpaired) electrons. The van der Waals surface area contributed by atoms with Gasteiger partial charge >= 0.3 is 0 Å². The number of rotatable bonds is 5. The molecule has 2 amide bonds. The molecule has 2 N–H and O–H groups in total. The Morgan fingerprint density at radius 2 is 1.96 bits per heavy atom. The van der Waals surface area contributed by atoms with Crippen molar-refractivity contribution in [2.45, 2.75) is 12.8 Å². The number of carbonyl (C=O) groups excluding carboxylic acids is 2. The first-order chi connectivity index (χ1) is 11.1. The second-order valence-electron chi connectivity index (χ2n) is 5.04. The van der Waals surface area contributed by atoms with Crippen LogP contribution in [0.2, 0.25) is 0 Å². The topological polar surface area (TPSA) is 67.4 Å². The van der Waals surface area contributed by atoms with Gasteiger partial charge in [0, 0.05) is 11.0 Å². The molecule has 1 aromatic carbocycles. The average Bonchev–Trinajstić information content (AvgIpc) is 2.60. The van der Waals surface area contributed by atoms with E-state index in [1.54, 1.807) is 24.3 Å². The molecule has 1 aliphatic heterocycles. The number of hydrogen-bond donors (Lipinski definition) is 2. The largest absolute Gasteiger partial charge is 0.381 e. The molecule has 6 heteroatoms. The van der Waals surface area contributed by atoms with Crippen LogP contribution < -0.4 is 10.6 Å². The molecule has 0 aliphatic carbocycles. The van der Waals surface area contributed by atoms with Crippen LogP contribution in [0.4, 0.5) is 5.69 Å². The Kier molecular flexibility index (Phi) is 6.55. The first kappa shape index (κ1) is 17.4. The molecule has 5 nitrogen and oxygen atoms in total. The summed E-state index contributed by atoms with van der Waals surface area (Å²) in [7, 11) is 0. The Morgan fingerprint density at radius 3 is 2.65 bits per heavy atom. The first-order valence-corrected chi connectivity index (χ1v) is 8.16. The van der Waals surface area contributed by atoms with E-state index < -0.39 is 0 Å². The number of ether oxygens (including phenoxy) is 1. The summed E-state index contributed by atoms with van der Waals surface area (Å²) in [5.41, 5.74) is 2.15. The van der Waals surface area contributed by atoms with E-state index in [9.17, 15) is 9.59 Å². The molecule has 122 valence electrons. The number of amides is 2. The summed E-state index contributed by atoms with van der Waals surface area (Å²) in [6, 6.07) is 6.87. The predicted octanol–water partition coefficient (Wildman–Crippen LogP) is 3.00. The van der Waals surface area contributed by atoms with Crippen LogP contribution in [0.25, 0.3) is 0 Å². The highest BCUT2D eigenvalue weighted by Gasteiger charge is 2.14. The Labute approximate surface area is 143 Å². The van der Waals surface area contributed by atoms with Crippen LogP contribution in [0.3, 0.4) is 0 Å². The standard InChI is InChI=1S/C17H19BrN2O3/c1-2-16(21)20-15-6-4-3-5-13(15)17(22)19-11-14(18)12-7-9-23-10-8-12/h2-6H,1,7-11H2,(H,19,22)(H,20,21). The molecule has 0 spiro atoms. The van der Waals surface area contributed by atoms with Gasteiger partial charge in [-0.15, -0.1) is 0 Å². The smallest absolute Gasteiger partial charge is 0.253 e. The third-order valence-corrected chi connectivity index (χ3v) is 4.34. The van der Waals surface area contributed by atoms with Gasteiger partial charge in [-0.3, -0.25) is 9.59 Å². The highest BCUT2D eigenvalue weighted by Crippen LogP contribution is 2.22. The average molecular weight is 379 g/mol. The zero-order chi connectivity index (χ0) is 16.7. The van der Waals surface area contributed by atoms with E-state index in [0.29, 0.717) is 17.8 Å². The van der Waals surface area contributed by atoms with Crippen LogP contribution in [0, 0.1) is 0 Å². The number of para-hydroxylation sites is 1. The highest BCUT2D eigenvalue weighted by molar-refractivity contribution is 9.11. The van der Waals surface area contributed by atoms with Crippen LogP contribution in [0.15, 0.2) is 47.0 Å². The molecule has 1 saturated heterocycles. The number of benzene rings is 1. The van der Waals surface area contributed by atoms with Crippen LogP contribution in [-0.4, -0.2) is 31.6 Å². The monoisotopic (exact) mass is 378 g/mol. The maximum Gasteiger partial charge on any atom is 0.253 e. The lowest BCUT2D eigenvalue weighted by molar-refractivity contribution is -0.111. The van der Waals surface area contributed by atoms with Crippen molar-refractivity contribution in [2.24, 2.45) is 0 Å². The number of carbonyl (C=O) groups is 2. The molecule has 1 aliphatic rings. The Bertz CT molecular complexity index is 632. The fraction of sp³-hybridized carbons (Fsp3) is 0.294. The molecule has 0 saturated carbocycles. The molecular weight excluding hydrogens is 360 g/mol. The minimum atomic E-state index is -0.351. The zero-order valence-electron chi connectivity index (χ0n) is 12.7. The number of hydrogen-bond acceptors (Lipinski definition) is 3. The lowest BCUT2D eigenvalue weighted by Crippen LogP contribution is -2.27. The minimum absolute atomic E-state index is 0.241. The van der Waals surface area contributed by atoms with Crippen molar-refractivity contribution in [2.75, 3.05) is 25.1 Å². The Balaban J connectivity index is 2.03. The fourth-order valence-corrected chi connectivity index (χ4v) is 2.78. The van der Waals surface area contributed by atoms with E-state index in [-0.39, 0.29) is 11.8 Å². The van der Waals surface area contributed by atoms with Gasteiger partial charge in [0.15, 0.2) is 0 Å². The van der Waals surface area contributed by atoms with Crippen molar-refractivity contribution >= 4 is 33.4 Å². The van der Waals surface area contributed by atoms with Gasteiger partial charge in [-0.2, -0.15) is 0 Å². The number of nitrogens with one attached hydrogen (secondary N) is 2. The molecule has 23 heavy (non-hydrogen) atoms. The van der Waals surface area contributed by atoms with Crippen molar-refractivity contribution in [1.29, 1.82) is 0 Å². The van der Waals surface area contributed by atoms with Crippen LogP contribution in [0.5, 0.6) is 0 Å². The van der Waals surface area contributed by atoms with Gasteiger partial charge in [0.25, 0.3) is 5.91 Å². The lowest BCUT2D eigenvalue weighted by atomic mass is 10.1. The fourth-order valence-electron chi connectivity index (χ4n) is 2.24. The summed E-state index contributed by atoms with van der Waals surface area (Å²) < 4.78 is 6.31. The second kappa shape index (κ2) is 8.64. The highest BCUT2D eigenvalue weighted by atomic mass is 79.9. The van der Waals surface area contributed by atoms with Crippen LogP contribution in [-0.2, 0) is 9.53 Å². The van der Waals surface area contributed by atoms with Gasteiger partial charge in [0.2, 0.25) is 5.91 Å². The summed E-state index contributed by atoms with van der Waals surface area (Å²) >= 11 is 3.54. The molecule has 1 fully saturated rings. The zero-order valence-corrected chi connectivity index (χ0v) is 14.3. The molecular formula is C17H19BrN2O3. The molecule has 1 aromatic rings. The maximum atomic E-state index is 12.4. The van der Waals surface area contributed by atoms with E-state index in [0.717, 1.165) is 30.5 Å². The van der Waals surface area contributed by atoms with E-state index in [1.165, 1.54) is 11.6 Å². The van der Waals surface area contributed by atoms with Crippen molar-refractivity contribution in [3.63, 3.8) is 0 Å². The minimum Gasteiger partial charge on any atom is -0.381 e. The molecule has 1 heterocycles. The van der Waals surface area contributed by atoms with Crippen molar-refractivity contribution in [1.82, 2.24) is 5.32 Å². The SMILES string of the molecule is C=CC(=O)Nc1ccccc1C(=O)NCC(Br)=C1CCOCC1. The number of anilines is 1. The summed E-state index contributed by atoms with van der Waals surface area (Å²) in [5, 5.41) is 5.50. The summed E-state index contributed by atoms with van der Waals surface area (Å²) in [6.07, 6.45) is 2.92. The van der Waals surface area contributed by atoms with Gasteiger partial charge in [-0.25, -0.2) is 0 Å². The van der Waals surface area contributed by atoms with E-state index in [1.807, 2.05) is 0 Å². The van der Waals surface area contributed by atoms with E-state index >= 15 is 0 Å². The second-order valence-corrected chi connectivity index (χ2v) is 6.00. The van der Waals surface area contributed by atoms with Crippen molar-refractivity contribution < 1.29 is 14.3 Å². The van der Waals surface area contributed by atoms with E-state index in [4.69, 9.17) is 4.74 Å². The summed E-state index contributed by atoms with van der Waals surface area (Å²) in [6.45, 7) is 5.26. The Morgan fingerprint density at radius 1 is 1.26 bits per heavy atom. The lowest BCUT2D eigenvalue weighted by Gasteiger charge is -2.17. The third kappa shape index (κ3) is 5.04.